The molecular formula is C14H25ClN2O2. The Bertz CT molecular complexity index is 307. The Kier molecular flexibility index (Phi) is 5.09. The van der Waals surface area contributed by atoms with E-state index in [-0.39, 0.29) is 30.3 Å². The van der Waals surface area contributed by atoms with Crippen molar-refractivity contribution in [2.75, 3.05) is 13.2 Å². The number of nitrogens with one attached hydrogen (secondary N) is 1. The fourth-order valence-corrected chi connectivity index (χ4v) is 3.97. The van der Waals surface area contributed by atoms with E-state index in [1.807, 2.05) is 0 Å². The van der Waals surface area contributed by atoms with Crippen molar-refractivity contribution in [1.82, 2.24) is 5.32 Å². The van der Waals surface area contributed by atoms with Gasteiger partial charge in [-0.3, -0.25) is 4.79 Å². The highest BCUT2D eigenvalue weighted by Crippen LogP contribution is 2.41. The molecule has 19 heavy (non-hydrogen) atoms. The third-order valence-corrected chi connectivity index (χ3v) is 5.06. The van der Waals surface area contributed by atoms with Crippen molar-refractivity contribution in [1.29, 1.82) is 0 Å². The highest BCUT2D eigenvalue weighted by Gasteiger charge is 2.40. The second-order valence-electron chi connectivity index (χ2n) is 6.27. The maximum atomic E-state index is 12.3. The summed E-state index contributed by atoms with van der Waals surface area (Å²) in [4.78, 5) is 12.3. The second-order valence-corrected chi connectivity index (χ2v) is 6.27. The molecule has 0 aromatic carbocycles. The summed E-state index contributed by atoms with van der Waals surface area (Å²) in [6, 6.07) is 0.588. The van der Waals surface area contributed by atoms with Crippen LogP contribution in [0.25, 0.3) is 0 Å². The average Bonchev–Trinajstić information content (AvgIpc) is 2.81. The van der Waals surface area contributed by atoms with Gasteiger partial charge in [-0.2, -0.15) is 0 Å². The van der Waals surface area contributed by atoms with Crippen LogP contribution in [-0.4, -0.2) is 31.2 Å². The van der Waals surface area contributed by atoms with Gasteiger partial charge in [-0.25, -0.2) is 0 Å². The molecule has 1 aliphatic heterocycles. The first-order chi connectivity index (χ1) is 8.74. The zero-order chi connectivity index (χ0) is 12.5. The van der Waals surface area contributed by atoms with E-state index in [4.69, 9.17) is 10.5 Å². The fourth-order valence-electron chi connectivity index (χ4n) is 3.97. The van der Waals surface area contributed by atoms with E-state index in [0.717, 1.165) is 25.9 Å². The number of ether oxygens (including phenoxy) is 1. The van der Waals surface area contributed by atoms with Crippen molar-refractivity contribution in [2.45, 2.75) is 50.6 Å². The molecule has 0 spiro atoms. The highest BCUT2D eigenvalue weighted by molar-refractivity contribution is 5.85. The van der Waals surface area contributed by atoms with E-state index in [2.05, 4.69) is 5.32 Å². The minimum absolute atomic E-state index is 0. The van der Waals surface area contributed by atoms with Crippen LogP contribution in [-0.2, 0) is 9.53 Å². The Labute approximate surface area is 121 Å². The van der Waals surface area contributed by atoms with Crippen LogP contribution in [0.1, 0.15) is 38.5 Å². The predicted octanol–water partition coefficient (Wildman–Crippen LogP) is 1.47. The van der Waals surface area contributed by atoms with Gasteiger partial charge in [0.2, 0.25) is 5.91 Å². The molecule has 3 aliphatic rings. The van der Waals surface area contributed by atoms with Crippen LogP contribution in [0, 0.1) is 17.8 Å². The quantitative estimate of drug-likeness (QED) is 0.809. The molecule has 110 valence electrons. The Hall–Kier alpha value is -0.320. The number of hydrogen-bond donors (Lipinski definition) is 2. The van der Waals surface area contributed by atoms with Gasteiger partial charge in [0.25, 0.3) is 0 Å². The first-order valence-corrected chi connectivity index (χ1v) is 7.37. The molecule has 3 N–H and O–H groups in total. The summed E-state index contributed by atoms with van der Waals surface area (Å²) >= 11 is 0. The number of fused-ring (bicyclic) bond motifs is 2. The van der Waals surface area contributed by atoms with E-state index in [1.165, 1.54) is 19.3 Å². The molecule has 0 aromatic rings. The normalized spacial score (nSPS) is 41.4. The van der Waals surface area contributed by atoms with Crippen LogP contribution in [0.3, 0.4) is 0 Å². The number of carbonyl (C=O) groups is 1. The van der Waals surface area contributed by atoms with Crippen molar-refractivity contribution < 1.29 is 9.53 Å². The smallest absolute Gasteiger partial charge is 0.223 e. The zero-order valence-corrected chi connectivity index (χ0v) is 12.2. The molecule has 1 saturated heterocycles. The topological polar surface area (TPSA) is 64.4 Å². The lowest BCUT2D eigenvalue weighted by molar-refractivity contribution is -0.128. The Morgan fingerprint density at radius 2 is 1.84 bits per heavy atom. The van der Waals surface area contributed by atoms with Gasteiger partial charge >= 0.3 is 0 Å². The molecule has 0 aromatic heterocycles. The molecule has 3 fully saturated rings. The molecule has 4 nitrogen and oxygen atoms in total. The summed E-state index contributed by atoms with van der Waals surface area (Å²) in [5.74, 6) is 1.59. The Balaban J connectivity index is 0.00000133. The first kappa shape index (κ1) is 15.1. The van der Waals surface area contributed by atoms with E-state index >= 15 is 0 Å². The van der Waals surface area contributed by atoms with Gasteiger partial charge in [0, 0.05) is 18.6 Å². The number of amides is 1. The third-order valence-electron chi connectivity index (χ3n) is 5.06. The Morgan fingerprint density at radius 1 is 1.16 bits per heavy atom. The average molecular weight is 289 g/mol. The molecule has 5 heteroatoms. The number of rotatable bonds is 2. The van der Waals surface area contributed by atoms with Crippen molar-refractivity contribution in [3.05, 3.63) is 0 Å². The van der Waals surface area contributed by atoms with Crippen molar-refractivity contribution in [3.63, 3.8) is 0 Å². The minimum Gasteiger partial charge on any atom is -0.379 e. The molecule has 3 rings (SSSR count). The summed E-state index contributed by atoms with van der Waals surface area (Å²) in [6.45, 7) is 1.47. The van der Waals surface area contributed by atoms with Crippen LogP contribution in [0.5, 0.6) is 0 Å². The summed E-state index contributed by atoms with van der Waals surface area (Å²) in [5, 5.41) is 3.15. The summed E-state index contributed by atoms with van der Waals surface area (Å²) in [7, 11) is 0. The lowest BCUT2D eigenvalue weighted by atomic mass is 9.65. The molecule has 2 saturated carbocycles. The molecular weight excluding hydrogens is 264 g/mol. The fraction of sp³-hybridized carbons (Fsp3) is 0.929. The van der Waals surface area contributed by atoms with Crippen molar-refractivity contribution >= 4 is 18.3 Å². The van der Waals surface area contributed by atoms with Gasteiger partial charge in [0.15, 0.2) is 0 Å². The lowest BCUT2D eigenvalue weighted by Crippen LogP contribution is -2.50. The Morgan fingerprint density at radius 3 is 2.42 bits per heavy atom. The van der Waals surface area contributed by atoms with E-state index in [9.17, 15) is 4.79 Å². The highest BCUT2D eigenvalue weighted by atomic mass is 35.5. The van der Waals surface area contributed by atoms with Crippen LogP contribution < -0.4 is 11.1 Å². The van der Waals surface area contributed by atoms with E-state index in [1.54, 1.807) is 0 Å². The maximum absolute atomic E-state index is 12.3. The number of halogens is 1. The van der Waals surface area contributed by atoms with E-state index in [0.29, 0.717) is 24.5 Å². The SMILES string of the molecule is Cl.NC1C2CCCC1CC(C(=O)NC1CCOC1)C2. The van der Waals surface area contributed by atoms with Crippen LogP contribution >= 0.6 is 12.4 Å². The number of carbonyl (C=O) groups excluding carboxylic acids is 1. The third kappa shape index (κ3) is 3.23. The number of hydrogen-bond acceptors (Lipinski definition) is 3. The zero-order valence-electron chi connectivity index (χ0n) is 11.3. The van der Waals surface area contributed by atoms with Crippen molar-refractivity contribution in [2.24, 2.45) is 23.5 Å². The van der Waals surface area contributed by atoms with Gasteiger partial charge < -0.3 is 15.8 Å². The predicted molar refractivity (Wildman–Crippen MR) is 76.1 cm³/mol. The lowest BCUT2D eigenvalue weighted by Gasteiger charge is -2.43. The summed E-state index contributed by atoms with van der Waals surface area (Å²) < 4.78 is 5.30. The van der Waals surface area contributed by atoms with Crippen LogP contribution in [0.4, 0.5) is 0 Å². The van der Waals surface area contributed by atoms with E-state index < -0.39 is 0 Å². The number of nitrogens with two attached hydrogens (primary N) is 1. The summed E-state index contributed by atoms with van der Waals surface area (Å²) in [5.41, 5.74) is 6.26. The summed E-state index contributed by atoms with van der Waals surface area (Å²) in [6.07, 6.45) is 6.69. The largest absolute Gasteiger partial charge is 0.379 e. The first-order valence-electron chi connectivity index (χ1n) is 7.37. The molecule has 2 aliphatic carbocycles. The van der Waals surface area contributed by atoms with Crippen LogP contribution in [0.15, 0.2) is 0 Å². The molecule has 2 bridgehead atoms. The molecule has 0 radical (unpaired) electrons. The van der Waals surface area contributed by atoms with Gasteiger partial charge in [0.05, 0.1) is 12.6 Å². The molecule has 3 atom stereocenters. The van der Waals surface area contributed by atoms with Gasteiger partial charge in [-0.05, 0) is 43.9 Å². The molecule has 3 unspecified atom stereocenters. The monoisotopic (exact) mass is 288 g/mol. The minimum atomic E-state index is 0. The maximum Gasteiger partial charge on any atom is 0.223 e. The standard InChI is InChI=1S/C14H24N2O2.ClH/c15-13-9-2-1-3-10(13)7-11(6-9)14(17)16-12-4-5-18-8-12;/h9-13H,1-8,15H2,(H,16,17);1H. The van der Waals surface area contributed by atoms with Crippen LogP contribution in [0.2, 0.25) is 0 Å². The van der Waals surface area contributed by atoms with Gasteiger partial charge in [-0.15, -0.1) is 12.4 Å². The van der Waals surface area contributed by atoms with Crippen molar-refractivity contribution in [3.8, 4) is 0 Å². The molecule has 1 heterocycles. The van der Waals surface area contributed by atoms with Gasteiger partial charge in [-0.1, -0.05) is 6.42 Å². The molecule has 1 amide bonds. The van der Waals surface area contributed by atoms with Gasteiger partial charge in [0.1, 0.15) is 0 Å². The second kappa shape index (κ2) is 6.42.